The van der Waals surface area contributed by atoms with Crippen LogP contribution < -0.4 is 4.74 Å². The molecule has 0 unspecified atom stereocenters. The number of esters is 1. The maximum Gasteiger partial charge on any atom is 0.335 e. The van der Waals surface area contributed by atoms with Crippen molar-refractivity contribution in [3.8, 4) is 5.75 Å². The lowest BCUT2D eigenvalue weighted by Crippen LogP contribution is -2.20. The summed E-state index contributed by atoms with van der Waals surface area (Å²) in [5.41, 5.74) is 0.975. The largest absolute Gasteiger partial charge is 0.497 e. The molecule has 0 fully saturated rings. The minimum atomic E-state index is -1.10. The topological polar surface area (TPSA) is 55.8 Å². The normalized spacial score (nSPS) is 12.4. The van der Waals surface area contributed by atoms with Gasteiger partial charge in [-0.25, -0.2) is 4.79 Å². The molecule has 0 saturated carbocycles. The maximum absolute atomic E-state index is 10.9. The summed E-state index contributed by atoms with van der Waals surface area (Å²) < 4.78 is 9.44. The fraction of sp³-hybridized carbons (Fsp3) is 0.308. The Balaban J connectivity index is 2.50. The van der Waals surface area contributed by atoms with Crippen LogP contribution in [-0.2, 0) is 9.53 Å². The first kappa shape index (κ1) is 13.3. The van der Waals surface area contributed by atoms with Crippen LogP contribution in [0.5, 0.6) is 5.75 Å². The van der Waals surface area contributed by atoms with E-state index in [1.807, 2.05) is 30.3 Å². The molecule has 0 aliphatic heterocycles. The predicted octanol–water partition coefficient (Wildman–Crippen LogP) is 1.63. The van der Waals surface area contributed by atoms with Gasteiger partial charge in [0.1, 0.15) is 5.75 Å². The number of rotatable bonds is 5. The molecule has 4 heteroatoms. The highest BCUT2D eigenvalue weighted by Crippen LogP contribution is 2.12. The van der Waals surface area contributed by atoms with E-state index in [1.54, 1.807) is 13.2 Å². The van der Waals surface area contributed by atoms with Gasteiger partial charge >= 0.3 is 5.97 Å². The fourth-order valence-electron chi connectivity index (χ4n) is 1.28. The molecule has 0 aromatic heterocycles. The molecule has 0 radical (unpaired) electrons. The number of methoxy groups -OCH3 is 2. The highest BCUT2D eigenvalue weighted by molar-refractivity contribution is 5.74. The first-order valence-electron chi connectivity index (χ1n) is 5.24. The lowest BCUT2D eigenvalue weighted by molar-refractivity contribution is -0.150. The lowest BCUT2D eigenvalue weighted by Gasteiger charge is -2.04. The van der Waals surface area contributed by atoms with Crippen LogP contribution in [0.25, 0.3) is 6.08 Å². The molecule has 0 aliphatic carbocycles. The second kappa shape index (κ2) is 6.70. The fourth-order valence-corrected chi connectivity index (χ4v) is 1.28. The van der Waals surface area contributed by atoms with Crippen molar-refractivity contribution in [3.63, 3.8) is 0 Å². The number of carbonyl (C=O) groups excluding carboxylic acids is 1. The van der Waals surface area contributed by atoms with E-state index in [0.29, 0.717) is 0 Å². The second-order valence-electron chi connectivity index (χ2n) is 3.45. The zero-order chi connectivity index (χ0) is 12.7. The molecule has 0 amide bonds. The first-order chi connectivity index (χ1) is 8.17. The van der Waals surface area contributed by atoms with Crippen molar-refractivity contribution < 1.29 is 19.4 Å². The van der Waals surface area contributed by atoms with Gasteiger partial charge in [0.2, 0.25) is 0 Å². The standard InChI is InChI=1S/C13H16O4/c1-16-11-8-6-10(7-9-11)4-3-5-12(14)13(15)17-2/h3-4,6-9,12,14H,5H2,1-2H3/b4-3+/t12-/m1/s1. The van der Waals surface area contributed by atoms with Gasteiger partial charge in [-0.05, 0) is 17.7 Å². The van der Waals surface area contributed by atoms with E-state index in [2.05, 4.69) is 4.74 Å². The minimum absolute atomic E-state index is 0.235. The van der Waals surface area contributed by atoms with Crippen molar-refractivity contribution in [3.05, 3.63) is 35.9 Å². The predicted molar refractivity (Wildman–Crippen MR) is 64.7 cm³/mol. The first-order valence-corrected chi connectivity index (χ1v) is 5.24. The zero-order valence-electron chi connectivity index (χ0n) is 9.92. The number of aliphatic hydroxyl groups excluding tert-OH is 1. The highest BCUT2D eigenvalue weighted by atomic mass is 16.5. The third kappa shape index (κ3) is 4.28. The third-order valence-corrected chi connectivity index (χ3v) is 2.26. The summed E-state index contributed by atoms with van der Waals surface area (Å²) in [6.07, 6.45) is 2.68. The molecular weight excluding hydrogens is 220 g/mol. The molecule has 1 rings (SSSR count). The van der Waals surface area contributed by atoms with Gasteiger partial charge in [-0.1, -0.05) is 24.3 Å². The maximum atomic E-state index is 10.9. The van der Waals surface area contributed by atoms with Gasteiger partial charge in [-0.15, -0.1) is 0 Å². The Bertz CT molecular complexity index is 381. The average molecular weight is 236 g/mol. The Hall–Kier alpha value is -1.81. The molecule has 17 heavy (non-hydrogen) atoms. The van der Waals surface area contributed by atoms with Crippen molar-refractivity contribution in [2.24, 2.45) is 0 Å². The van der Waals surface area contributed by atoms with Gasteiger partial charge in [0.15, 0.2) is 6.10 Å². The van der Waals surface area contributed by atoms with Crippen molar-refractivity contribution in [1.29, 1.82) is 0 Å². The van der Waals surface area contributed by atoms with Crippen LogP contribution in [-0.4, -0.2) is 31.4 Å². The molecule has 0 spiro atoms. The summed E-state index contributed by atoms with van der Waals surface area (Å²) in [6, 6.07) is 7.46. The van der Waals surface area contributed by atoms with E-state index in [4.69, 9.17) is 4.74 Å². The molecule has 1 aromatic rings. The van der Waals surface area contributed by atoms with Crippen LogP contribution in [0.2, 0.25) is 0 Å². The smallest absolute Gasteiger partial charge is 0.335 e. The monoisotopic (exact) mass is 236 g/mol. The summed E-state index contributed by atoms with van der Waals surface area (Å²) in [5, 5.41) is 9.33. The molecule has 1 N–H and O–H groups in total. The van der Waals surface area contributed by atoms with Crippen LogP contribution in [0.3, 0.4) is 0 Å². The molecule has 4 nitrogen and oxygen atoms in total. The van der Waals surface area contributed by atoms with E-state index >= 15 is 0 Å². The zero-order valence-corrected chi connectivity index (χ0v) is 9.92. The lowest BCUT2D eigenvalue weighted by atomic mass is 10.1. The Morgan fingerprint density at radius 1 is 1.35 bits per heavy atom. The third-order valence-electron chi connectivity index (χ3n) is 2.26. The van der Waals surface area contributed by atoms with Crippen molar-refractivity contribution in [2.75, 3.05) is 14.2 Å². The van der Waals surface area contributed by atoms with Gasteiger partial charge in [-0.3, -0.25) is 0 Å². The molecule has 1 aromatic carbocycles. The van der Waals surface area contributed by atoms with Gasteiger partial charge in [0, 0.05) is 6.42 Å². The molecule has 0 bridgehead atoms. The van der Waals surface area contributed by atoms with Gasteiger partial charge in [0.25, 0.3) is 0 Å². The summed E-state index contributed by atoms with van der Waals surface area (Å²) in [7, 11) is 2.86. The Kier molecular flexibility index (Phi) is 5.23. The van der Waals surface area contributed by atoms with Crippen LogP contribution in [0.4, 0.5) is 0 Å². The summed E-state index contributed by atoms with van der Waals surface area (Å²) in [4.78, 5) is 10.9. The van der Waals surface area contributed by atoms with Crippen molar-refractivity contribution in [1.82, 2.24) is 0 Å². The number of aliphatic hydroxyl groups is 1. The summed E-state index contributed by atoms with van der Waals surface area (Å²) in [5.74, 6) is 0.168. The molecule has 92 valence electrons. The van der Waals surface area contributed by atoms with E-state index < -0.39 is 12.1 Å². The molecule has 0 heterocycles. The molecule has 0 aliphatic rings. The second-order valence-corrected chi connectivity index (χ2v) is 3.45. The van der Waals surface area contributed by atoms with Gasteiger partial charge in [-0.2, -0.15) is 0 Å². The summed E-state index contributed by atoms with van der Waals surface area (Å²) in [6.45, 7) is 0. The van der Waals surface area contributed by atoms with E-state index in [0.717, 1.165) is 11.3 Å². The molecule has 0 saturated heterocycles. The van der Waals surface area contributed by atoms with E-state index in [9.17, 15) is 9.90 Å². The number of benzene rings is 1. The van der Waals surface area contributed by atoms with Crippen LogP contribution in [0.15, 0.2) is 30.3 Å². The summed E-state index contributed by atoms with van der Waals surface area (Å²) >= 11 is 0. The van der Waals surface area contributed by atoms with Crippen molar-refractivity contribution in [2.45, 2.75) is 12.5 Å². The Morgan fingerprint density at radius 2 is 2.00 bits per heavy atom. The van der Waals surface area contributed by atoms with Gasteiger partial charge in [0.05, 0.1) is 14.2 Å². The molecular formula is C13H16O4. The van der Waals surface area contributed by atoms with E-state index in [-0.39, 0.29) is 6.42 Å². The SMILES string of the molecule is COC(=O)[C@H](O)C/C=C/c1ccc(OC)cc1. The number of hydrogen-bond acceptors (Lipinski definition) is 4. The van der Waals surface area contributed by atoms with Gasteiger partial charge < -0.3 is 14.6 Å². The van der Waals surface area contributed by atoms with Crippen LogP contribution in [0, 0.1) is 0 Å². The average Bonchev–Trinajstić information content (AvgIpc) is 2.38. The minimum Gasteiger partial charge on any atom is -0.497 e. The van der Waals surface area contributed by atoms with Crippen LogP contribution >= 0.6 is 0 Å². The highest BCUT2D eigenvalue weighted by Gasteiger charge is 2.12. The van der Waals surface area contributed by atoms with Crippen LogP contribution in [0.1, 0.15) is 12.0 Å². The Labute approximate surface area is 100 Å². The molecule has 1 atom stereocenters. The van der Waals surface area contributed by atoms with E-state index in [1.165, 1.54) is 7.11 Å². The number of hydrogen-bond donors (Lipinski definition) is 1. The number of ether oxygens (including phenoxy) is 2. The number of carbonyl (C=O) groups is 1. The van der Waals surface area contributed by atoms with Crippen molar-refractivity contribution >= 4 is 12.0 Å². The Morgan fingerprint density at radius 3 is 2.53 bits per heavy atom. The quantitative estimate of drug-likeness (QED) is 0.789.